The molecule has 1 aliphatic carbocycles. The first kappa shape index (κ1) is 6.64. The van der Waals surface area contributed by atoms with Crippen molar-refractivity contribution in [3.05, 3.63) is 0 Å². The first-order valence-electron chi connectivity index (χ1n) is 7.53. The first-order valence-corrected chi connectivity index (χ1v) is 6.18. The predicted molar refractivity (Wildman–Crippen MR) is 62.5 cm³/mol. The molecule has 0 heterocycles. The van der Waals surface area contributed by atoms with Crippen molar-refractivity contribution in [2.45, 2.75) is 70.0 Å². The molecule has 1 N–H and O–H groups in total. The van der Waals surface area contributed by atoms with Crippen LogP contribution in [0.5, 0.6) is 0 Å². The van der Waals surface area contributed by atoms with Gasteiger partial charge in [-0.15, -0.1) is 0 Å². The van der Waals surface area contributed by atoms with Crippen molar-refractivity contribution in [2.24, 2.45) is 0 Å². The van der Waals surface area contributed by atoms with Gasteiger partial charge in [0, 0.05) is 12.4 Å². The lowest BCUT2D eigenvalue weighted by atomic mass is 9.96. The molecule has 2 nitrogen and oxygen atoms in total. The van der Waals surface area contributed by atoms with Crippen LogP contribution in [0.4, 0.5) is 0 Å². The van der Waals surface area contributed by atoms with E-state index in [0.717, 1.165) is 12.8 Å². The summed E-state index contributed by atoms with van der Waals surface area (Å²) in [5, 5.41) is 0. The molecule has 0 aromatic carbocycles. The van der Waals surface area contributed by atoms with Crippen LogP contribution in [0.3, 0.4) is 0 Å². The topological polar surface area (TPSA) is 29.1 Å². The zero-order valence-corrected chi connectivity index (χ0v) is 9.96. The van der Waals surface area contributed by atoms with Crippen LogP contribution in [-0.2, 0) is 11.0 Å². The summed E-state index contributed by atoms with van der Waals surface area (Å²) in [5.41, 5.74) is -1.23. The number of nitrogens with one attached hydrogen (secondary N) is 1. The van der Waals surface area contributed by atoms with Crippen molar-refractivity contribution in [2.75, 3.05) is 0 Å². The molecule has 0 amide bonds. The van der Waals surface area contributed by atoms with Gasteiger partial charge < -0.3 is 0 Å². The van der Waals surface area contributed by atoms with Gasteiger partial charge in [-0.05, 0) is 40.0 Å². The molecule has 1 fully saturated rings. The van der Waals surface area contributed by atoms with E-state index in [1.165, 1.54) is 0 Å². The molecule has 14 heavy (non-hydrogen) atoms. The van der Waals surface area contributed by atoms with Crippen molar-refractivity contribution in [1.82, 2.24) is 4.72 Å². The lowest BCUT2D eigenvalue weighted by molar-refractivity contribution is 0.382. The van der Waals surface area contributed by atoms with Gasteiger partial charge >= 0.3 is 0 Å². The Morgan fingerprint density at radius 3 is 2.50 bits per heavy atom. The Balaban J connectivity index is 3.09. The predicted octanol–water partition coefficient (Wildman–Crippen LogP) is 2.76. The third-order valence-electron chi connectivity index (χ3n) is 2.54. The molecule has 0 aliphatic heterocycles. The van der Waals surface area contributed by atoms with Gasteiger partial charge in [-0.3, -0.25) is 0 Å². The van der Waals surface area contributed by atoms with E-state index >= 15 is 0 Å². The highest BCUT2D eigenvalue weighted by molar-refractivity contribution is 7.84. The number of hydrogen-bond donors (Lipinski definition) is 1. The van der Waals surface area contributed by atoms with Crippen molar-refractivity contribution >= 4 is 11.0 Å². The van der Waals surface area contributed by atoms with Gasteiger partial charge in [0.15, 0.2) is 0 Å². The monoisotopic (exact) mass is 222 g/mol. The molecule has 3 heteroatoms. The third-order valence-corrected chi connectivity index (χ3v) is 4.23. The van der Waals surface area contributed by atoms with E-state index < -0.39 is 34.5 Å². The van der Waals surface area contributed by atoms with Crippen LogP contribution in [0.1, 0.15) is 66.5 Å². The smallest absolute Gasteiger partial charge is 0.0975 e. The molecule has 0 bridgehead atoms. The molecule has 1 saturated carbocycles. The van der Waals surface area contributed by atoms with Crippen LogP contribution in [0.25, 0.3) is 0 Å². The fraction of sp³-hybridized carbons (Fsp3) is 1.00. The van der Waals surface area contributed by atoms with Crippen LogP contribution in [0.2, 0.25) is 0 Å². The molecule has 0 radical (unpaired) electrons. The Labute approximate surface area is 97.5 Å². The molecule has 1 unspecified atom stereocenters. The molecule has 0 spiro atoms. The van der Waals surface area contributed by atoms with Crippen LogP contribution in [-0.4, -0.2) is 14.5 Å². The van der Waals surface area contributed by atoms with E-state index in [-0.39, 0.29) is 0 Å². The Kier molecular flexibility index (Phi) is 2.05. The maximum atomic E-state index is 12.2. The van der Waals surface area contributed by atoms with Gasteiger partial charge in [0.25, 0.3) is 0 Å². The molecule has 1 atom stereocenters. The minimum atomic E-state index is -2.73. The Morgan fingerprint density at radius 1 is 1.50 bits per heavy atom. The molecule has 1 rings (SSSR count). The van der Waals surface area contributed by atoms with E-state index in [4.69, 9.17) is 6.85 Å². The summed E-state index contributed by atoms with van der Waals surface area (Å²) in [5.74, 6) is 0. The van der Waals surface area contributed by atoms with Crippen LogP contribution in [0.15, 0.2) is 0 Å². The molecular weight excluding hydrogens is 194 g/mol. The maximum Gasteiger partial charge on any atom is 0.0975 e. The van der Waals surface area contributed by atoms with Crippen molar-refractivity contribution < 1.29 is 11.1 Å². The number of rotatable bonds is 3. The van der Waals surface area contributed by atoms with E-state index in [2.05, 4.69) is 4.72 Å². The fourth-order valence-electron chi connectivity index (χ4n) is 1.56. The van der Waals surface area contributed by atoms with E-state index in [1.54, 1.807) is 20.8 Å². The van der Waals surface area contributed by atoms with Crippen LogP contribution in [0, 0.1) is 0 Å². The zero-order chi connectivity index (χ0) is 15.1. The number of hydrogen-bond acceptors (Lipinski definition) is 1. The van der Waals surface area contributed by atoms with Crippen LogP contribution < -0.4 is 4.72 Å². The van der Waals surface area contributed by atoms with Crippen molar-refractivity contribution in [3.63, 3.8) is 0 Å². The fourth-order valence-corrected chi connectivity index (χ4v) is 2.48. The van der Waals surface area contributed by atoms with Gasteiger partial charge in [-0.2, -0.15) is 0 Å². The summed E-state index contributed by atoms with van der Waals surface area (Å²) in [6.07, 6.45) is -0.0777. The zero-order valence-electron chi connectivity index (χ0n) is 14.1. The molecule has 84 valence electrons. The minimum absolute atomic E-state index is 0.403. The molecule has 0 aromatic rings. The quantitative estimate of drug-likeness (QED) is 0.781. The largest absolute Gasteiger partial charge is 0.242 e. The van der Waals surface area contributed by atoms with Gasteiger partial charge in [-0.1, -0.05) is 19.7 Å². The van der Waals surface area contributed by atoms with E-state index in [0.29, 0.717) is 12.8 Å². The van der Waals surface area contributed by atoms with Gasteiger partial charge in [0.2, 0.25) is 0 Å². The van der Waals surface area contributed by atoms with E-state index in [9.17, 15) is 4.21 Å². The third kappa shape index (κ3) is 2.80. The second-order valence-corrected chi connectivity index (χ2v) is 6.86. The Hall–Kier alpha value is 0.110. The normalized spacial score (nSPS) is 30.9. The van der Waals surface area contributed by atoms with Gasteiger partial charge in [0.1, 0.15) is 0 Å². The lowest BCUT2D eigenvalue weighted by Gasteiger charge is -2.32. The summed E-state index contributed by atoms with van der Waals surface area (Å²) >= 11 is 0. The van der Waals surface area contributed by atoms with Crippen molar-refractivity contribution in [3.8, 4) is 0 Å². The maximum absolute atomic E-state index is 12.2. The SMILES string of the molecule is [2H]C([2H])([2H])C([2H])([2H])C1(NS(=O)C(C)(C)C)CCCC1. The van der Waals surface area contributed by atoms with Crippen LogP contribution >= 0.6 is 0 Å². The lowest BCUT2D eigenvalue weighted by Crippen LogP contribution is -2.48. The summed E-state index contributed by atoms with van der Waals surface area (Å²) in [6.45, 7) is 2.61. The summed E-state index contributed by atoms with van der Waals surface area (Å²) in [6, 6.07) is 0. The van der Waals surface area contributed by atoms with Gasteiger partial charge in [-0.25, -0.2) is 8.93 Å². The Morgan fingerprint density at radius 2 is 2.07 bits per heavy atom. The average Bonchev–Trinajstić information content (AvgIpc) is 2.64. The standard InChI is InChI=1S/C11H23NOS/c1-5-11(8-6-7-9-11)12-14(13)10(2,3)4/h12H,5-9H2,1-4H3/i1D3,5D2. The van der Waals surface area contributed by atoms with Gasteiger partial charge in [0.05, 0.1) is 15.7 Å². The summed E-state index contributed by atoms with van der Waals surface area (Å²) in [4.78, 5) is 0. The molecule has 0 saturated heterocycles. The highest BCUT2D eigenvalue weighted by Crippen LogP contribution is 2.33. The highest BCUT2D eigenvalue weighted by Gasteiger charge is 2.35. The van der Waals surface area contributed by atoms with E-state index in [1.807, 2.05) is 0 Å². The second kappa shape index (κ2) is 4.31. The van der Waals surface area contributed by atoms with Crippen molar-refractivity contribution in [1.29, 1.82) is 0 Å². The minimum Gasteiger partial charge on any atom is -0.242 e. The first-order chi connectivity index (χ1) is 8.33. The average molecular weight is 222 g/mol. The molecule has 0 aromatic heterocycles. The molecular formula is C11H23NOS. The second-order valence-electron chi connectivity index (χ2n) is 4.90. The Bertz CT molecular complexity index is 355. The molecule has 1 aliphatic rings. The summed E-state index contributed by atoms with van der Waals surface area (Å²) in [7, 11) is -1.49. The summed E-state index contributed by atoms with van der Waals surface area (Å²) < 4.78 is 52.9. The highest BCUT2D eigenvalue weighted by atomic mass is 32.2.